The molecule has 0 bridgehead atoms. The first-order valence-electron chi connectivity index (χ1n) is 8.06. The minimum atomic E-state index is -4.74. The van der Waals surface area contributed by atoms with Crippen LogP contribution in [0.1, 0.15) is 0 Å². The Morgan fingerprint density at radius 1 is 0.893 bits per heavy atom. The summed E-state index contributed by atoms with van der Waals surface area (Å²) in [5, 5.41) is 0. The van der Waals surface area contributed by atoms with Crippen molar-refractivity contribution < 1.29 is 32.1 Å². The van der Waals surface area contributed by atoms with Gasteiger partial charge >= 0.3 is 6.36 Å². The number of imidazole rings is 1. The summed E-state index contributed by atoms with van der Waals surface area (Å²) in [5.74, 6) is 1.59. The molecule has 3 aromatic rings. The Kier molecular flexibility index (Phi) is 5.34. The molecule has 0 saturated carbocycles. The van der Waals surface area contributed by atoms with Gasteiger partial charge in [0.2, 0.25) is 5.75 Å². The fourth-order valence-electron chi connectivity index (χ4n) is 2.74. The normalized spacial score (nSPS) is 11.2. The number of benzene rings is 2. The highest BCUT2D eigenvalue weighted by Crippen LogP contribution is 2.40. The lowest BCUT2D eigenvalue weighted by Gasteiger charge is -2.16. The van der Waals surface area contributed by atoms with E-state index in [1.165, 1.54) is 45.6 Å². The lowest BCUT2D eigenvalue weighted by atomic mass is 10.2. The summed E-state index contributed by atoms with van der Waals surface area (Å²) in [6.07, 6.45) is -1.44. The molecule has 0 spiro atoms. The second-order valence-corrected chi connectivity index (χ2v) is 5.58. The average molecular weight is 394 g/mol. The number of alkyl halides is 3. The monoisotopic (exact) mass is 394 g/mol. The number of hydrogen-bond acceptors (Lipinski definition) is 5. The summed E-state index contributed by atoms with van der Waals surface area (Å²) in [4.78, 5) is 4.31. The quantitative estimate of drug-likeness (QED) is 0.618. The van der Waals surface area contributed by atoms with E-state index in [2.05, 4.69) is 9.72 Å². The molecule has 2 aromatic carbocycles. The van der Waals surface area contributed by atoms with Crippen molar-refractivity contribution in [3.8, 4) is 40.1 Å². The van der Waals surface area contributed by atoms with Gasteiger partial charge in [-0.25, -0.2) is 4.98 Å². The summed E-state index contributed by atoms with van der Waals surface area (Å²) in [7, 11) is 4.53. The van der Waals surface area contributed by atoms with Crippen molar-refractivity contribution in [3.63, 3.8) is 0 Å². The molecule has 6 nitrogen and oxygen atoms in total. The summed E-state index contributed by atoms with van der Waals surface area (Å²) < 4.78 is 58.7. The minimum Gasteiger partial charge on any atom is -0.493 e. The molecule has 0 saturated heterocycles. The largest absolute Gasteiger partial charge is 0.573 e. The van der Waals surface area contributed by atoms with Gasteiger partial charge in [-0.1, -0.05) is 0 Å². The summed E-state index contributed by atoms with van der Waals surface area (Å²) in [6, 6.07) is 8.95. The van der Waals surface area contributed by atoms with Gasteiger partial charge in [-0.05, 0) is 24.3 Å². The van der Waals surface area contributed by atoms with Crippen LogP contribution in [0.15, 0.2) is 48.8 Å². The Balaban J connectivity index is 2.01. The fourth-order valence-corrected chi connectivity index (χ4v) is 2.74. The van der Waals surface area contributed by atoms with Gasteiger partial charge in [0.05, 0.1) is 27.0 Å². The third-order valence-corrected chi connectivity index (χ3v) is 3.91. The molecule has 0 N–H and O–H groups in total. The smallest absolute Gasteiger partial charge is 0.493 e. The molecule has 0 fully saturated rings. The zero-order valence-corrected chi connectivity index (χ0v) is 15.3. The maximum Gasteiger partial charge on any atom is 0.573 e. The van der Waals surface area contributed by atoms with Crippen LogP contribution in [0.5, 0.6) is 23.0 Å². The van der Waals surface area contributed by atoms with Crippen LogP contribution >= 0.6 is 0 Å². The van der Waals surface area contributed by atoms with E-state index in [9.17, 15) is 13.2 Å². The van der Waals surface area contributed by atoms with Crippen LogP contribution in [0.4, 0.5) is 13.2 Å². The summed E-state index contributed by atoms with van der Waals surface area (Å²) in [6.45, 7) is 0. The average Bonchev–Trinajstić information content (AvgIpc) is 3.15. The first kappa shape index (κ1) is 19.4. The summed E-state index contributed by atoms with van der Waals surface area (Å²) in [5.41, 5.74) is 1.28. The Morgan fingerprint density at radius 2 is 1.50 bits per heavy atom. The molecule has 0 amide bonds. The van der Waals surface area contributed by atoms with Crippen molar-refractivity contribution in [1.82, 2.24) is 9.55 Å². The third-order valence-electron chi connectivity index (χ3n) is 3.91. The molecular formula is C19H17F3N2O4. The standard InChI is InChI=1S/C19H17F3N2O4/c1-25-15-10-13(11-16(26-2)17(15)27-3)24-9-8-23-18(24)12-4-6-14(7-5-12)28-19(20,21)22/h4-11H,1-3H3. The molecule has 0 aliphatic carbocycles. The molecule has 28 heavy (non-hydrogen) atoms. The van der Waals surface area contributed by atoms with E-state index in [1.807, 2.05) is 0 Å². The molecule has 0 aliphatic rings. The van der Waals surface area contributed by atoms with Crippen molar-refractivity contribution in [1.29, 1.82) is 0 Å². The molecular weight excluding hydrogens is 377 g/mol. The van der Waals surface area contributed by atoms with E-state index in [4.69, 9.17) is 14.2 Å². The van der Waals surface area contributed by atoms with E-state index in [-0.39, 0.29) is 5.75 Å². The molecule has 3 rings (SSSR count). The number of hydrogen-bond donors (Lipinski definition) is 0. The Hall–Kier alpha value is -3.36. The SMILES string of the molecule is COc1cc(-n2ccnc2-c2ccc(OC(F)(F)F)cc2)cc(OC)c1OC. The number of nitrogens with zero attached hydrogens (tertiary/aromatic N) is 2. The minimum absolute atomic E-state index is 0.304. The van der Waals surface area contributed by atoms with Gasteiger partial charge in [0.1, 0.15) is 11.6 Å². The van der Waals surface area contributed by atoms with Gasteiger partial charge in [-0.3, -0.25) is 4.57 Å². The van der Waals surface area contributed by atoms with Gasteiger partial charge in [0, 0.05) is 30.1 Å². The highest BCUT2D eigenvalue weighted by Gasteiger charge is 2.31. The van der Waals surface area contributed by atoms with Crippen LogP contribution < -0.4 is 18.9 Å². The van der Waals surface area contributed by atoms with Crippen molar-refractivity contribution in [2.24, 2.45) is 0 Å². The van der Waals surface area contributed by atoms with E-state index in [1.54, 1.807) is 29.1 Å². The number of rotatable bonds is 6. The van der Waals surface area contributed by atoms with Gasteiger partial charge in [0.15, 0.2) is 11.5 Å². The number of halogens is 3. The highest BCUT2D eigenvalue weighted by molar-refractivity contribution is 5.63. The Labute approximate surface area is 159 Å². The molecule has 0 aliphatic heterocycles. The van der Waals surface area contributed by atoms with Gasteiger partial charge < -0.3 is 18.9 Å². The van der Waals surface area contributed by atoms with Crippen molar-refractivity contribution in [2.45, 2.75) is 6.36 Å². The van der Waals surface area contributed by atoms with Gasteiger partial charge in [-0.2, -0.15) is 0 Å². The zero-order chi connectivity index (χ0) is 20.3. The maximum absolute atomic E-state index is 12.3. The van der Waals surface area contributed by atoms with Crippen LogP contribution in [-0.4, -0.2) is 37.2 Å². The predicted molar refractivity (Wildman–Crippen MR) is 95.3 cm³/mol. The molecule has 9 heteroatoms. The van der Waals surface area contributed by atoms with Crippen molar-refractivity contribution in [2.75, 3.05) is 21.3 Å². The van der Waals surface area contributed by atoms with Crippen molar-refractivity contribution >= 4 is 0 Å². The van der Waals surface area contributed by atoms with Gasteiger partial charge in [0.25, 0.3) is 0 Å². The van der Waals surface area contributed by atoms with Crippen LogP contribution in [-0.2, 0) is 0 Å². The lowest BCUT2D eigenvalue weighted by molar-refractivity contribution is -0.274. The Bertz CT molecular complexity index is 928. The Morgan fingerprint density at radius 3 is 2.00 bits per heavy atom. The highest BCUT2D eigenvalue weighted by atomic mass is 19.4. The maximum atomic E-state index is 12.3. The zero-order valence-electron chi connectivity index (χ0n) is 15.3. The van der Waals surface area contributed by atoms with E-state index < -0.39 is 6.36 Å². The van der Waals surface area contributed by atoms with Crippen LogP contribution in [0.2, 0.25) is 0 Å². The molecule has 0 radical (unpaired) electrons. The molecule has 1 heterocycles. The van der Waals surface area contributed by atoms with Crippen LogP contribution in [0, 0.1) is 0 Å². The predicted octanol–water partition coefficient (Wildman–Crippen LogP) is 4.46. The topological polar surface area (TPSA) is 54.7 Å². The second kappa shape index (κ2) is 7.71. The van der Waals surface area contributed by atoms with Crippen LogP contribution in [0.3, 0.4) is 0 Å². The second-order valence-electron chi connectivity index (χ2n) is 5.58. The molecule has 1 aromatic heterocycles. The first-order chi connectivity index (χ1) is 13.4. The first-order valence-corrected chi connectivity index (χ1v) is 8.06. The lowest BCUT2D eigenvalue weighted by Crippen LogP contribution is -2.16. The van der Waals surface area contributed by atoms with E-state index in [0.717, 1.165) is 0 Å². The molecule has 0 unspecified atom stereocenters. The third kappa shape index (κ3) is 3.98. The molecule has 0 atom stereocenters. The van der Waals surface area contributed by atoms with Gasteiger partial charge in [-0.15, -0.1) is 13.2 Å². The number of methoxy groups -OCH3 is 3. The summed E-state index contributed by atoms with van der Waals surface area (Å²) >= 11 is 0. The van der Waals surface area contributed by atoms with E-state index in [0.29, 0.717) is 34.3 Å². The van der Waals surface area contributed by atoms with E-state index >= 15 is 0 Å². The number of ether oxygens (including phenoxy) is 4. The van der Waals surface area contributed by atoms with Crippen LogP contribution in [0.25, 0.3) is 17.1 Å². The molecule has 148 valence electrons. The fraction of sp³-hybridized carbons (Fsp3) is 0.211. The number of aromatic nitrogens is 2. The van der Waals surface area contributed by atoms with Crippen molar-refractivity contribution in [3.05, 3.63) is 48.8 Å².